The molecule has 22 heavy (non-hydrogen) atoms. The number of rotatable bonds is 3. The van der Waals surface area contributed by atoms with Crippen molar-refractivity contribution in [3.63, 3.8) is 0 Å². The lowest BCUT2D eigenvalue weighted by Gasteiger charge is -2.19. The minimum absolute atomic E-state index is 0.0386. The first-order valence-electron chi connectivity index (χ1n) is 7.31. The molecule has 3 N–H and O–H groups in total. The van der Waals surface area contributed by atoms with Gasteiger partial charge in [0.1, 0.15) is 5.60 Å². The molecule has 6 nitrogen and oxygen atoms in total. The summed E-state index contributed by atoms with van der Waals surface area (Å²) in [6.07, 6.45) is 0.0824. The zero-order valence-electron chi connectivity index (χ0n) is 13.1. The summed E-state index contributed by atoms with van der Waals surface area (Å²) in [6.45, 7) is 5.90. The molecule has 0 aromatic heterocycles. The Morgan fingerprint density at radius 2 is 1.91 bits per heavy atom. The smallest absolute Gasteiger partial charge is 0.412 e. The molecule has 1 aromatic carbocycles. The maximum absolute atomic E-state index is 11.7. The van der Waals surface area contributed by atoms with E-state index >= 15 is 0 Å². The van der Waals surface area contributed by atoms with Crippen LogP contribution in [-0.2, 0) is 9.53 Å². The maximum Gasteiger partial charge on any atom is 0.412 e. The highest BCUT2D eigenvalue weighted by Gasteiger charge is 2.30. The van der Waals surface area contributed by atoms with Crippen LogP contribution in [0.3, 0.4) is 0 Å². The van der Waals surface area contributed by atoms with Crippen LogP contribution in [0.15, 0.2) is 24.3 Å². The van der Waals surface area contributed by atoms with Gasteiger partial charge in [0.15, 0.2) is 0 Å². The number of benzene rings is 1. The molecule has 1 amide bonds. The maximum atomic E-state index is 11.7. The lowest BCUT2D eigenvalue weighted by atomic mass is 10.00. The van der Waals surface area contributed by atoms with Crippen LogP contribution in [0.25, 0.3) is 0 Å². The highest BCUT2D eigenvalue weighted by molar-refractivity contribution is 5.84. The molecule has 120 valence electrons. The van der Waals surface area contributed by atoms with E-state index in [9.17, 15) is 9.59 Å². The normalized spacial score (nSPS) is 21.4. The third-order valence-corrected chi connectivity index (χ3v) is 3.44. The van der Waals surface area contributed by atoms with Crippen molar-refractivity contribution in [1.29, 1.82) is 0 Å². The van der Waals surface area contributed by atoms with E-state index in [-0.39, 0.29) is 12.0 Å². The zero-order chi connectivity index (χ0) is 16.3. The number of anilines is 1. The van der Waals surface area contributed by atoms with E-state index in [0.717, 1.165) is 5.56 Å². The second-order valence-electron chi connectivity index (χ2n) is 6.48. The highest BCUT2D eigenvalue weighted by Crippen LogP contribution is 2.28. The van der Waals surface area contributed by atoms with Crippen molar-refractivity contribution in [2.75, 3.05) is 11.9 Å². The van der Waals surface area contributed by atoms with Gasteiger partial charge in [-0.2, -0.15) is 0 Å². The molecule has 0 radical (unpaired) electrons. The number of carboxylic acids is 1. The predicted molar refractivity (Wildman–Crippen MR) is 82.8 cm³/mol. The van der Waals surface area contributed by atoms with Gasteiger partial charge in [-0.1, -0.05) is 12.1 Å². The molecule has 2 rings (SSSR count). The largest absolute Gasteiger partial charge is 0.481 e. The summed E-state index contributed by atoms with van der Waals surface area (Å²) in [4.78, 5) is 22.6. The second-order valence-corrected chi connectivity index (χ2v) is 6.48. The van der Waals surface area contributed by atoms with Gasteiger partial charge in [0.25, 0.3) is 0 Å². The predicted octanol–water partition coefficient (Wildman–Crippen LogP) is 2.77. The molecule has 2 unspecified atom stereocenters. The Morgan fingerprint density at radius 1 is 1.27 bits per heavy atom. The number of carbonyl (C=O) groups is 2. The Morgan fingerprint density at radius 3 is 2.41 bits per heavy atom. The van der Waals surface area contributed by atoms with E-state index in [1.54, 1.807) is 32.9 Å². The molecule has 0 spiro atoms. The van der Waals surface area contributed by atoms with Crippen LogP contribution in [0.5, 0.6) is 0 Å². The van der Waals surface area contributed by atoms with Gasteiger partial charge < -0.3 is 15.2 Å². The topological polar surface area (TPSA) is 87.7 Å². The minimum Gasteiger partial charge on any atom is -0.481 e. The van der Waals surface area contributed by atoms with Crippen molar-refractivity contribution in [1.82, 2.24) is 5.32 Å². The Hall–Kier alpha value is -2.08. The average Bonchev–Trinajstić information content (AvgIpc) is 2.87. The van der Waals surface area contributed by atoms with Crippen LogP contribution in [0, 0.1) is 5.92 Å². The Labute approximate surface area is 129 Å². The number of ether oxygens (including phenoxy) is 1. The van der Waals surface area contributed by atoms with Gasteiger partial charge in [0.05, 0.1) is 5.92 Å². The number of carboxylic acid groups (broad SMARTS) is 1. The van der Waals surface area contributed by atoms with E-state index in [1.165, 1.54) is 0 Å². The van der Waals surface area contributed by atoms with E-state index < -0.39 is 17.7 Å². The van der Waals surface area contributed by atoms with Gasteiger partial charge in [-0.25, -0.2) is 4.79 Å². The molecular weight excluding hydrogens is 284 g/mol. The molecule has 1 fully saturated rings. The molecule has 1 aromatic rings. The average molecular weight is 306 g/mol. The van der Waals surface area contributed by atoms with Crippen molar-refractivity contribution in [2.24, 2.45) is 5.92 Å². The molecule has 6 heteroatoms. The standard InChI is InChI=1S/C16H22N2O4/c1-16(2,3)22-15(21)18-12-6-4-10(5-7-12)13-8-11(9-17-13)14(19)20/h4-7,11,13,17H,8-9H2,1-3H3,(H,18,21)(H,19,20). The summed E-state index contributed by atoms with van der Waals surface area (Å²) in [6, 6.07) is 7.38. The number of aliphatic carboxylic acids is 1. The highest BCUT2D eigenvalue weighted by atomic mass is 16.6. The number of carbonyl (C=O) groups excluding carboxylic acids is 1. The fourth-order valence-corrected chi connectivity index (χ4v) is 2.40. The SMILES string of the molecule is CC(C)(C)OC(=O)Nc1ccc(C2CC(C(=O)O)CN2)cc1. The molecule has 2 atom stereocenters. The Kier molecular flexibility index (Phi) is 4.71. The quantitative estimate of drug-likeness (QED) is 0.799. The molecule has 0 aliphatic carbocycles. The van der Waals surface area contributed by atoms with Crippen LogP contribution in [0.1, 0.15) is 38.8 Å². The van der Waals surface area contributed by atoms with Crippen LogP contribution >= 0.6 is 0 Å². The fourth-order valence-electron chi connectivity index (χ4n) is 2.40. The van der Waals surface area contributed by atoms with E-state index in [2.05, 4.69) is 10.6 Å². The van der Waals surface area contributed by atoms with Gasteiger partial charge in [-0.15, -0.1) is 0 Å². The summed E-state index contributed by atoms with van der Waals surface area (Å²) < 4.78 is 5.18. The summed E-state index contributed by atoms with van der Waals surface area (Å²) in [7, 11) is 0. The number of hydrogen-bond acceptors (Lipinski definition) is 4. The van der Waals surface area contributed by atoms with Gasteiger partial charge >= 0.3 is 12.1 Å². The third kappa shape index (κ3) is 4.46. The molecular formula is C16H22N2O4. The molecule has 1 aliphatic rings. The number of hydrogen-bond donors (Lipinski definition) is 3. The molecule has 0 bridgehead atoms. The van der Waals surface area contributed by atoms with Gasteiger partial charge in [0.2, 0.25) is 0 Å². The number of nitrogens with one attached hydrogen (secondary N) is 2. The van der Waals surface area contributed by atoms with E-state index in [0.29, 0.717) is 18.7 Å². The lowest BCUT2D eigenvalue weighted by molar-refractivity contribution is -0.141. The first kappa shape index (κ1) is 16.3. The molecule has 0 saturated carbocycles. The lowest BCUT2D eigenvalue weighted by Crippen LogP contribution is -2.27. The van der Waals surface area contributed by atoms with Gasteiger partial charge in [-0.05, 0) is 44.9 Å². The Balaban J connectivity index is 1.94. The van der Waals surface area contributed by atoms with Crippen LogP contribution in [-0.4, -0.2) is 29.3 Å². The second kappa shape index (κ2) is 6.36. The first-order chi connectivity index (χ1) is 10.2. The molecule has 1 saturated heterocycles. The van der Waals surface area contributed by atoms with Crippen molar-refractivity contribution < 1.29 is 19.4 Å². The summed E-state index contributed by atoms with van der Waals surface area (Å²) in [5, 5.41) is 14.9. The van der Waals surface area contributed by atoms with Crippen molar-refractivity contribution in [3.8, 4) is 0 Å². The van der Waals surface area contributed by atoms with E-state index in [4.69, 9.17) is 9.84 Å². The van der Waals surface area contributed by atoms with Gasteiger partial charge in [-0.3, -0.25) is 10.1 Å². The first-order valence-corrected chi connectivity index (χ1v) is 7.31. The van der Waals surface area contributed by atoms with E-state index in [1.807, 2.05) is 12.1 Å². The summed E-state index contributed by atoms with van der Waals surface area (Å²) in [5.74, 6) is -1.11. The molecule has 1 heterocycles. The van der Waals surface area contributed by atoms with Crippen molar-refractivity contribution in [3.05, 3.63) is 29.8 Å². The van der Waals surface area contributed by atoms with Crippen molar-refractivity contribution >= 4 is 17.7 Å². The fraction of sp³-hybridized carbons (Fsp3) is 0.500. The third-order valence-electron chi connectivity index (χ3n) is 3.44. The monoisotopic (exact) mass is 306 g/mol. The van der Waals surface area contributed by atoms with Crippen LogP contribution in [0.2, 0.25) is 0 Å². The zero-order valence-corrected chi connectivity index (χ0v) is 13.1. The van der Waals surface area contributed by atoms with Crippen LogP contribution in [0.4, 0.5) is 10.5 Å². The molecule has 1 aliphatic heterocycles. The van der Waals surface area contributed by atoms with Crippen molar-refractivity contribution in [2.45, 2.75) is 38.8 Å². The Bertz CT molecular complexity index is 548. The van der Waals surface area contributed by atoms with Gasteiger partial charge in [0, 0.05) is 18.3 Å². The summed E-state index contributed by atoms with van der Waals surface area (Å²) in [5.41, 5.74) is 1.12. The minimum atomic E-state index is -0.766. The summed E-state index contributed by atoms with van der Waals surface area (Å²) >= 11 is 0. The number of amides is 1. The van der Waals surface area contributed by atoms with Crippen LogP contribution < -0.4 is 10.6 Å².